The molecular formula is C17H16FNOS. The minimum absolute atomic E-state index is 0.0619. The second kappa shape index (κ2) is 5.82. The molecule has 0 aliphatic heterocycles. The van der Waals surface area contributed by atoms with Crippen molar-refractivity contribution in [1.29, 1.82) is 0 Å². The highest BCUT2D eigenvalue weighted by molar-refractivity contribution is 7.80. The van der Waals surface area contributed by atoms with Crippen molar-refractivity contribution >= 4 is 17.2 Å². The zero-order valence-corrected chi connectivity index (χ0v) is 12.4. The number of hydrogen-bond donors (Lipinski definition) is 1. The van der Waals surface area contributed by atoms with Crippen molar-refractivity contribution in [2.75, 3.05) is 0 Å². The van der Waals surface area contributed by atoms with Crippen molar-refractivity contribution in [3.8, 4) is 5.75 Å². The first-order chi connectivity index (χ1) is 10.1. The van der Waals surface area contributed by atoms with E-state index < -0.39 is 5.82 Å². The molecule has 0 atom stereocenters. The highest BCUT2D eigenvalue weighted by Crippen LogP contribution is 2.26. The summed E-state index contributed by atoms with van der Waals surface area (Å²) in [5, 5.41) is 0. The summed E-state index contributed by atoms with van der Waals surface area (Å²) in [6.45, 7) is 0.370. The first-order valence-electron chi connectivity index (χ1n) is 6.96. The highest BCUT2D eigenvalue weighted by atomic mass is 32.1. The Hall–Kier alpha value is -1.94. The van der Waals surface area contributed by atoms with E-state index in [0.717, 1.165) is 24.2 Å². The van der Waals surface area contributed by atoms with Crippen LogP contribution in [0, 0.1) is 5.82 Å². The van der Waals surface area contributed by atoms with Gasteiger partial charge in [0.05, 0.1) is 0 Å². The summed E-state index contributed by atoms with van der Waals surface area (Å²) >= 11 is 4.84. The molecule has 0 radical (unpaired) electrons. The van der Waals surface area contributed by atoms with Gasteiger partial charge in [-0.1, -0.05) is 24.4 Å². The molecular weight excluding hydrogens is 285 g/mol. The largest absolute Gasteiger partial charge is 0.489 e. The Bertz CT molecular complexity index is 699. The molecule has 2 nitrogen and oxygen atoms in total. The molecule has 0 aromatic heterocycles. The summed E-state index contributed by atoms with van der Waals surface area (Å²) in [6.07, 6.45) is 3.49. The van der Waals surface area contributed by atoms with E-state index in [-0.39, 0.29) is 10.6 Å². The van der Waals surface area contributed by atoms with Crippen LogP contribution in [0.5, 0.6) is 5.75 Å². The van der Waals surface area contributed by atoms with Crippen LogP contribution in [0.2, 0.25) is 0 Å². The molecule has 0 saturated heterocycles. The number of aryl methyl sites for hydroxylation is 2. The quantitative estimate of drug-likeness (QED) is 0.878. The third-order valence-electron chi connectivity index (χ3n) is 3.77. The lowest BCUT2D eigenvalue weighted by Gasteiger charge is -2.09. The second-order valence-corrected chi connectivity index (χ2v) is 5.69. The summed E-state index contributed by atoms with van der Waals surface area (Å²) in [6, 6.07) is 10.9. The highest BCUT2D eigenvalue weighted by Gasteiger charge is 2.11. The van der Waals surface area contributed by atoms with Gasteiger partial charge in [-0.2, -0.15) is 0 Å². The molecule has 0 unspecified atom stereocenters. The number of nitrogens with two attached hydrogens (primary N) is 1. The number of thiocarbonyl (C=S) groups is 1. The topological polar surface area (TPSA) is 35.2 Å². The van der Waals surface area contributed by atoms with Gasteiger partial charge in [-0.3, -0.25) is 0 Å². The van der Waals surface area contributed by atoms with Gasteiger partial charge in [-0.05, 0) is 60.2 Å². The SMILES string of the molecule is NC(=S)c1cc(COc2ccc3c(c2)CCC3)ccc1F. The molecule has 2 aromatic carbocycles. The van der Waals surface area contributed by atoms with Crippen LogP contribution in [0.4, 0.5) is 4.39 Å². The van der Waals surface area contributed by atoms with Gasteiger partial charge in [0.15, 0.2) is 0 Å². The van der Waals surface area contributed by atoms with Crippen molar-refractivity contribution < 1.29 is 9.13 Å². The van der Waals surface area contributed by atoms with E-state index in [0.29, 0.717) is 6.61 Å². The number of ether oxygens (including phenoxy) is 1. The number of hydrogen-bond acceptors (Lipinski definition) is 2. The van der Waals surface area contributed by atoms with Crippen molar-refractivity contribution in [2.24, 2.45) is 5.73 Å². The minimum atomic E-state index is -0.399. The van der Waals surface area contributed by atoms with Crippen LogP contribution in [0.25, 0.3) is 0 Å². The maximum Gasteiger partial charge on any atom is 0.133 e. The van der Waals surface area contributed by atoms with Gasteiger partial charge in [0.1, 0.15) is 23.2 Å². The van der Waals surface area contributed by atoms with Crippen LogP contribution in [0.1, 0.15) is 28.7 Å². The summed E-state index contributed by atoms with van der Waals surface area (Å²) in [5.74, 6) is 0.445. The third kappa shape index (κ3) is 3.05. The molecule has 2 aromatic rings. The first-order valence-corrected chi connectivity index (χ1v) is 7.37. The van der Waals surface area contributed by atoms with Crippen molar-refractivity contribution in [3.63, 3.8) is 0 Å². The molecule has 0 saturated carbocycles. The Labute approximate surface area is 128 Å². The molecule has 4 heteroatoms. The number of rotatable bonds is 4. The van der Waals surface area contributed by atoms with Crippen LogP contribution in [0.3, 0.4) is 0 Å². The van der Waals surface area contributed by atoms with Crippen molar-refractivity contribution in [3.05, 3.63) is 64.5 Å². The van der Waals surface area contributed by atoms with Gasteiger partial charge in [0, 0.05) is 5.56 Å². The smallest absolute Gasteiger partial charge is 0.133 e. The molecule has 3 rings (SSSR count). The predicted octanol–water partition coefficient (Wildman–Crippen LogP) is 3.53. The van der Waals surface area contributed by atoms with Crippen LogP contribution >= 0.6 is 12.2 Å². The van der Waals surface area contributed by atoms with E-state index in [2.05, 4.69) is 12.1 Å². The van der Waals surface area contributed by atoms with E-state index in [1.807, 2.05) is 6.07 Å². The monoisotopic (exact) mass is 301 g/mol. The van der Waals surface area contributed by atoms with E-state index in [9.17, 15) is 4.39 Å². The van der Waals surface area contributed by atoms with Crippen molar-refractivity contribution in [2.45, 2.75) is 25.9 Å². The fraction of sp³-hybridized carbons (Fsp3) is 0.235. The van der Waals surface area contributed by atoms with Gasteiger partial charge in [-0.25, -0.2) is 4.39 Å². The Morgan fingerprint density at radius 1 is 1.14 bits per heavy atom. The zero-order chi connectivity index (χ0) is 14.8. The number of halogens is 1. The summed E-state index contributed by atoms with van der Waals surface area (Å²) < 4.78 is 19.3. The summed E-state index contributed by atoms with van der Waals surface area (Å²) in [7, 11) is 0. The Morgan fingerprint density at radius 3 is 2.76 bits per heavy atom. The normalized spacial score (nSPS) is 13.0. The molecule has 0 spiro atoms. The molecule has 0 bridgehead atoms. The zero-order valence-electron chi connectivity index (χ0n) is 11.6. The molecule has 0 fully saturated rings. The third-order valence-corrected chi connectivity index (χ3v) is 3.99. The van der Waals surface area contributed by atoms with E-state index in [1.165, 1.54) is 23.6 Å². The summed E-state index contributed by atoms with van der Waals surface area (Å²) in [4.78, 5) is 0.0619. The molecule has 2 N–H and O–H groups in total. The van der Waals surface area contributed by atoms with E-state index >= 15 is 0 Å². The molecule has 0 heterocycles. The van der Waals surface area contributed by atoms with Gasteiger partial charge in [0.2, 0.25) is 0 Å². The Kier molecular flexibility index (Phi) is 3.88. The average molecular weight is 301 g/mol. The molecule has 108 valence electrons. The second-order valence-electron chi connectivity index (χ2n) is 5.25. The van der Waals surface area contributed by atoms with E-state index in [1.54, 1.807) is 12.1 Å². The maximum absolute atomic E-state index is 13.5. The standard InChI is InChI=1S/C17H16FNOS/c18-16-7-4-11(8-15(16)17(19)21)10-20-14-6-5-12-2-1-3-13(12)9-14/h4-9H,1-3,10H2,(H2,19,21). The predicted molar refractivity (Wildman–Crippen MR) is 85.1 cm³/mol. The molecule has 0 amide bonds. The lowest BCUT2D eigenvalue weighted by molar-refractivity contribution is 0.306. The van der Waals surface area contributed by atoms with Crippen LogP contribution in [0.15, 0.2) is 36.4 Å². The van der Waals surface area contributed by atoms with Crippen molar-refractivity contribution in [1.82, 2.24) is 0 Å². The first kappa shape index (κ1) is 14.0. The van der Waals surface area contributed by atoms with Gasteiger partial charge >= 0.3 is 0 Å². The van der Waals surface area contributed by atoms with Crippen LogP contribution in [-0.4, -0.2) is 4.99 Å². The summed E-state index contributed by atoms with van der Waals surface area (Å²) in [5.41, 5.74) is 9.40. The molecule has 1 aliphatic carbocycles. The van der Waals surface area contributed by atoms with Gasteiger partial charge in [-0.15, -0.1) is 0 Å². The van der Waals surface area contributed by atoms with E-state index in [4.69, 9.17) is 22.7 Å². The molecule has 1 aliphatic rings. The van der Waals surface area contributed by atoms with Gasteiger partial charge < -0.3 is 10.5 Å². The fourth-order valence-corrected chi connectivity index (χ4v) is 2.81. The maximum atomic E-state index is 13.5. The number of benzene rings is 2. The van der Waals surface area contributed by atoms with Gasteiger partial charge in [0.25, 0.3) is 0 Å². The lowest BCUT2D eigenvalue weighted by Crippen LogP contribution is -2.12. The fourth-order valence-electron chi connectivity index (χ4n) is 2.66. The van der Waals surface area contributed by atoms with Crippen LogP contribution < -0.4 is 10.5 Å². The minimum Gasteiger partial charge on any atom is -0.489 e. The molecule has 21 heavy (non-hydrogen) atoms. The Balaban J connectivity index is 1.73. The lowest BCUT2D eigenvalue weighted by atomic mass is 10.1. The number of fused-ring (bicyclic) bond motifs is 1. The Morgan fingerprint density at radius 2 is 1.95 bits per heavy atom. The average Bonchev–Trinajstić information content (AvgIpc) is 2.93. The van der Waals surface area contributed by atoms with Crippen LogP contribution in [-0.2, 0) is 19.4 Å².